The summed E-state index contributed by atoms with van der Waals surface area (Å²) in [7, 11) is 0. The van der Waals surface area contributed by atoms with Crippen LogP contribution in [-0.4, -0.2) is 19.2 Å². The number of hydrogen-bond donors (Lipinski definition) is 0. The highest BCUT2D eigenvalue weighted by atomic mass is 16.5. The van der Waals surface area contributed by atoms with Gasteiger partial charge in [0.1, 0.15) is 6.61 Å². The highest BCUT2D eigenvalue weighted by molar-refractivity contribution is 5.65. The van der Waals surface area contributed by atoms with Gasteiger partial charge < -0.3 is 9.47 Å². The van der Waals surface area contributed by atoms with Gasteiger partial charge in [-0.15, -0.1) is 0 Å². The van der Waals surface area contributed by atoms with Gasteiger partial charge in [-0.3, -0.25) is 4.79 Å². The monoisotopic (exact) mass is 220 g/mol. The van der Waals surface area contributed by atoms with E-state index in [1.807, 2.05) is 36.4 Å². The molecule has 0 atom stereocenters. The molecule has 3 nitrogen and oxygen atoms in total. The Bertz CT molecular complexity index is 330. The molecule has 0 fully saturated rings. The smallest absolute Gasteiger partial charge is 0.302 e. The SMILES string of the molecule is CC(=O)OC/C=C/COCc1ccccc1. The third-order valence-corrected chi connectivity index (χ3v) is 1.88. The second kappa shape index (κ2) is 7.65. The van der Waals surface area contributed by atoms with Crippen LogP contribution < -0.4 is 0 Å². The molecular weight excluding hydrogens is 204 g/mol. The second-order valence-electron chi connectivity index (χ2n) is 3.27. The summed E-state index contributed by atoms with van der Waals surface area (Å²) in [6, 6.07) is 9.97. The minimum atomic E-state index is -0.269. The number of ether oxygens (including phenoxy) is 2. The van der Waals surface area contributed by atoms with E-state index in [1.165, 1.54) is 6.92 Å². The van der Waals surface area contributed by atoms with Crippen molar-refractivity contribution in [1.29, 1.82) is 0 Å². The molecular formula is C13H16O3. The lowest BCUT2D eigenvalue weighted by atomic mass is 10.2. The van der Waals surface area contributed by atoms with Crippen molar-refractivity contribution in [3.8, 4) is 0 Å². The van der Waals surface area contributed by atoms with E-state index in [0.29, 0.717) is 19.8 Å². The van der Waals surface area contributed by atoms with Crippen LogP contribution in [0.15, 0.2) is 42.5 Å². The summed E-state index contributed by atoms with van der Waals surface area (Å²) >= 11 is 0. The summed E-state index contributed by atoms with van der Waals surface area (Å²) in [4.78, 5) is 10.4. The van der Waals surface area contributed by atoms with Gasteiger partial charge in [0.2, 0.25) is 0 Å². The molecule has 86 valence electrons. The fourth-order valence-corrected chi connectivity index (χ4v) is 1.12. The van der Waals surface area contributed by atoms with Gasteiger partial charge in [-0.1, -0.05) is 36.4 Å². The zero-order valence-electron chi connectivity index (χ0n) is 9.39. The zero-order chi connectivity index (χ0) is 11.6. The highest BCUT2D eigenvalue weighted by Crippen LogP contribution is 1.99. The van der Waals surface area contributed by atoms with Gasteiger partial charge in [0, 0.05) is 6.92 Å². The van der Waals surface area contributed by atoms with Crippen LogP contribution in [-0.2, 0) is 20.9 Å². The van der Waals surface area contributed by atoms with Gasteiger partial charge in [0.05, 0.1) is 13.2 Å². The summed E-state index contributed by atoms with van der Waals surface area (Å²) in [6.45, 7) is 2.82. The topological polar surface area (TPSA) is 35.5 Å². The van der Waals surface area contributed by atoms with Crippen molar-refractivity contribution >= 4 is 5.97 Å². The summed E-state index contributed by atoms with van der Waals surface area (Å²) in [6.07, 6.45) is 3.61. The van der Waals surface area contributed by atoms with Gasteiger partial charge in [-0.2, -0.15) is 0 Å². The lowest BCUT2D eigenvalue weighted by Crippen LogP contribution is -1.98. The van der Waals surface area contributed by atoms with Crippen molar-refractivity contribution in [2.24, 2.45) is 0 Å². The average molecular weight is 220 g/mol. The molecule has 16 heavy (non-hydrogen) atoms. The molecule has 0 unspecified atom stereocenters. The normalized spacial score (nSPS) is 10.6. The van der Waals surface area contributed by atoms with Crippen molar-refractivity contribution in [2.45, 2.75) is 13.5 Å². The van der Waals surface area contributed by atoms with Crippen molar-refractivity contribution in [1.82, 2.24) is 0 Å². The average Bonchev–Trinajstić information content (AvgIpc) is 2.29. The van der Waals surface area contributed by atoms with Crippen molar-refractivity contribution in [3.05, 3.63) is 48.0 Å². The van der Waals surface area contributed by atoms with Gasteiger partial charge >= 0.3 is 5.97 Å². The van der Waals surface area contributed by atoms with Crippen LogP contribution in [0.5, 0.6) is 0 Å². The van der Waals surface area contributed by atoms with Crippen molar-refractivity contribution in [2.75, 3.05) is 13.2 Å². The molecule has 0 bridgehead atoms. The molecule has 0 heterocycles. The summed E-state index contributed by atoms with van der Waals surface area (Å²) in [5.41, 5.74) is 1.15. The molecule has 0 amide bonds. The number of carbonyl (C=O) groups excluding carboxylic acids is 1. The maximum absolute atomic E-state index is 10.4. The lowest BCUT2D eigenvalue weighted by Gasteiger charge is -2.00. The molecule has 0 spiro atoms. The summed E-state index contributed by atoms with van der Waals surface area (Å²) in [5.74, 6) is -0.269. The Morgan fingerprint density at radius 3 is 2.56 bits per heavy atom. The predicted octanol–water partition coefficient (Wildman–Crippen LogP) is 2.32. The number of hydrogen-bond acceptors (Lipinski definition) is 3. The Balaban J connectivity index is 2.06. The third-order valence-electron chi connectivity index (χ3n) is 1.88. The molecule has 0 saturated carbocycles. The molecule has 0 saturated heterocycles. The number of carbonyl (C=O) groups is 1. The molecule has 3 heteroatoms. The van der Waals surface area contributed by atoms with E-state index in [-0.39, 0.29) is 5.97 Å². The molecule has 0 aliphatic heterocycles. The first-order chi connectivity index (χ1) is 7.79. The molecule has 0 N–H and O–H groups in total. The molecule has 0 radical (unpaired) electrons. The number of esters is 1. The lowest BCUT2D eigenvalue weighted by molar-refractivity contribution is -0.139. The number of rotatable bonds is 6. The first kappa shape index (κ1) is 12.5. The molecule has 0 aromatic heterocycles. The standard InChI is InChI=1S/C13H16O3/c1-12(14)16-10-6-5-9-15-11-13-7-3-2-4-8-13/h2-8H,9-11H2,1H3/b6-5+. The van der Waals surface area contributed by atoms with Gasteiger partial charge in [0.15, 0.2) is 0 Å². The van der Waals surface area contributed by atoms with E-state index in [0.717, 1.165) is 5.56 Å². The first-order valence-electron chi connectivity index (χ1n) is 5.19. The Kier molecular flexibility index (Phi) is 5.96. The van der Waals surface area contributed by atoms with Crippen LogP contribution in [0.25, 0.3) is 0 Å². The molecule has 0 aliphatic carbocycles. The Labute approximate surface area is 95.7 Å². The largest absolute Gasteiger partial charge is 0.462 e. The van der Waals surface area contributed by atoms with E-state index in [1.54, 1.807) is 6.08 Å². The molecule has 1 aromatic rings. The summed E-state index contributed by atoms with van der Waals surface area (Å²) < 4.78 is 10.1. The Hall–Kier alpha value is -1.61. The quantitative estimate of drug-likeness (QED) is 0.419. The van der Waals surface area contributed by atoms with Crippen LogP contribution in [0.1, 0.15) is 12.5 Å². The Morgan fingerprint density at radius 2 is 1.88 bits per heavy atom. The zero-order valence-corrected chi connectivity index (χ0v) is 9.39. The van der Waals surface area contributed by atoms with Gasteiger partial charge in [-0.25, -0.2) is 0 Å². The van der Waals surface area contributed by atoms with Crippen molar-refractivity contribution < 1.29 is 14.3 Å². The van der Waals surface area contributed by atoms with E-state index in [4.69, 9.17) is 9.47 Å². The van der Waals surface area contributed by atoms with Crippen LogP contribution in [0, 0.1) is 0 Å². The first-order valence-corrected chi connectivity index (χ1v) is 5.19. The molecule has 1 rings (SSSR count). The third kappa shape index (κ3) is 5.98. The van der Waals surface area contributed by atoms with Crippen molar-refractivity contribution in [3.63, 3.8) is 0 Å². The van der Waals surface area contributed by atoms with E-state index >= 15 is 0 Å². The number of benzene rings is 1. The van der Waals surface area contributed by atoms with Gasteiger partial charge in [0.25, 0.3) is 0 Å². The van der Waals surface area contributed by atoms with Gasteiger partial charge in [-0.05, 0) is 11.6 Å². The van der Waals surface area contributed by atoms with Crippen LogP contribution >= 0.6 is 0 Å². The van der Waals surface area contributed by atoms with E-state index < -0.39 is 0 Å². The van der Waals surface area contributed by atoms with E-state index in [9.17, 15) is 4.79 Å². The predicted molar refractivity (Wildman–Crippen MR) is 61.9 cm³/mol. The van der Waals surface area contributed by atoms with Crippen LogP contribution in [0.2, 0.25) is 0 Å². The van der Waals surface area contributed by atoms with Crippen LogP contribution in [0.4, 0.5) is 0 Å². The maximum atomic E-state index is 10.4. The minimum absolute atomic E-state index is 0.269. The minimum Gasteiger partial charge on any atom is -0.462 e. The fourth-order valence-electron chi connectivity index (χ4n) is 1.12. The Morgan fingerprint density at radius 1 is 1.19 bits per heavy atom. The molecule has 0 aliphatic rings. The van der Waals surface area contributed by atoms with E-state index in [2.05, 4.69) is 0 Å². The second-order valence-corrected chi connectivity index (χ2v) is 3.27. The fraction of sp³-hybridized carbons (Fsp3) is 0.308. The summed E-state index contributed by atoms with van der Waals surface area (Å²) in [5, 5.41) is 0. The molecule has 1 aromatic carbocycles. The highest BCUT2D eigenvalue weighted by Gasteiger charge is 1.89. The maximum Gasteiger partial charge on any atom is 0.302 e. The van der Waals surface area contributed by atoms with Crippen LogP contribution in [0.3, 0.4) is 0 Å².